The second kappa shape index (κ2) is 8.49. The van der Waals surface area contributed by atoms with E-state index in [0.717, 1.165) is 54.1 Å². The van der Waals surface area contributed by atoms with Gasteiger partial charge in [0.25, 0.3) is 0 Å². The maximum absolute atomic E-state index is 12.7. The lowest BCUT2D eigenvalue weighted by Gasteiger charge is -2.28. The summed E-state index contributed by atoms with van der Waals surface area (Å²) in [4.78, 5) is 19.4. The number of carbonyl (C=O) groups is 1. The van der Waals surface area contributed by atoms with Crippen molar-refractivity contribution in [2.45, 2.75) is 12.8 Å². The highest BCUT2D eigenvalue weighted by molar-refractivity contribution is 5.96. The van der Waals surface area contributed by atoms with Gasteiger partial charge >= 0.3 is 0 Å². The quantitative estimate of drug-likeness (QED) is 0.716. The molecule has 150 valence electrons. The van der Waals surface area contributed by atoms with Crippen LogP contribution in [0.3, 0.4) is 0 Å². The fraction of sp³-hybridized carbons (Fsp3) is 0.304. The number of morpholine rings is 1. The number of fused-ring (bicyclic) bond motifs is 1. The molecule has 1 aliphatic rings. The number of rotatable bonds is 5. The van der Waals surface area contributed by atoms with E-state index in [4.69, 9.17) is 9.47 Å². The number of hydrogen-bond acceptors (Lipinski definition) is 5. The molecule has 6 nitrogen and oxygen atoms in total. The van der Waals surface area contributed by atoms with Gasteiger partial charge in [-0.25, -0.2) is 4.98 Å². The van der Waals surface area contributed by atoms with Crippen LogP contribution in [0.1, 0.15) is 18.4 Å². The van der Waals surface area contributed by atoms with E-state index in [2.05, 4.69) is 15.2 Å². The van der Waals surface area contributed by atoms with E-state index < -0.39 is 0 Å². The van der Waals surface area contributed by atoms with Crippen LogP contribution in [0, 0.1) is 0 Å². The minimum absolute atomic E-state index is 0.0792. The molecule has 0 bridgehead atoms. The molecule has 1 saturated heterocycles. The summed E-state index contributed by atoms with van der Waals surface area (Å²) in [6.45, 7) is 5.09. The Labute approximate surface area is 170 Å². The monoisotopic (exact) mass is 391 g/mol. The predicted molar refractivity (Wildman–Crippen MR) is 115 cm³/mol. The van der Waals surface area contributed by atoms with Gasteiger partial charge in [-0.1, -0.05) is 24.3 Å². The Morgan fingerprint density at radius 1 is 1.10 bits per heavy atom. The second-order valence-electron chi connectivity index (χ2n) is 7.18. The van der Waals surface area contributed by atoms with Gasteiger partial charge in [-0.3, -0.25) is 4.79 Å². The first-order chi connectivity index (χ1) is 14.1. The third-order valence-electron chi connectivity index (χ3n) is 5.34. The number of benzene rings is 2. The van der Waals surface area contributed by atoms with Gasteiger partial charge < -0.3 is 19.7 Å². The number of carbonyl (C=O) groups excluding carboxylic acids is 1. The summed E-state index contributed by atoms with van der Waals surface area (Å²) in [6, 6.07) is 15.8. The molecule has 0 spiro atoms. The zero-order valence-corrected chi connectivity index (χ0v) is 16.7. The number of hydrogen-bond donors (Lipinski definition) is 1. The number of nitrogens with zero attached hydrogens (tertiary/aromatic N) is 2. The zero-order chi connectivity index (χ0) is 20.2. The Bertz CT molecular complexity index is 998. The summed E-state index contributed by atoms with van der Waals surface area (Å²) in [7, 11) is 1.66. The number of methoxy groups -OCH3 is 1. The summed E-state index contributed by atoms with van der Waals surface area (Å²) in [5.74, 6) is 1.01. The number of nitrogens with one attached hydrogen (secondary N) is 1. The van der Waals surface area contributed by atoms with Gasteiger partial charge in [-0.05, 0) is 47.5 Å². The molecule has 4 rings (SSSR count). The van der Waals surface area contributed by atoms with Crippen molar-refractivity contribution in [2.75, 3.05) is 43.6 Å². The number of amides is 1. The molecule has 29 heavy (non-hydrogen) atoms. The van der Waals surface area contributed by atoms with Crippen molar-refractivity contribution in [3.05, 3.63) is 60.3 Å². The first kappa shape index (κ1) is 19.2. The normalized spacial score (nSPS) is 15.2. The van der Waals surface area contributed by atoms with Crippen LogP contribution in [0.5, 0.6) is 5.75 Å². The summed E-state index contributed by atoms with van der Waals surface area (Å²) in [5, 5.41) is 5.09. The molecule has 2 heterocycles. The summed E-state index contributed by atoms with van der Waals surface area (Å²) >= 11 is 0. The van der Waals surface area contributed by atoms with Crippen LogP contribution in [0.15, 0.2) is 54.7 Å². The van der Waals surface area contributed by atoms with E-state index in [0.29, 0.717) is 5.82 Å². The molecule has 3 aromatic rings. The van der Waals surface area contributed by atoms with Gasteiger partial charge in [-0.2, -0.15) is 0 Å². The SMILES string of the molecule is COc1ccc2cc([C@H](C)C(=O)Nc3ccc(N4CCOCC4)cn3)ccc2c1. The Hall–Kier alpha value is -3.12. The second-order valence-corrected chi connectivity index (χ2v) is 7.18. The minimum atomic E-state index is -0.290. The van der Waals surface area contributed by atoms with E-state index in [1.54, 1.807) is 13.3 Å². The van der Waals surface area contributed by atoms with E-state index in [9.17, 15) is 4.79 Å². The standard InChI is InChI=1S/C23H25N3O3/c1-16(17-3-4-19-14-21(28-2)7-5-18(19)13-17)23(27)25-22-8-6-20(15-24-22)26-9-11-29-12-10-26/h3-8,13-16H,9-12H2,1-2H3,(H,24,25,27)/t16-/m0/s1. The van der Waals surface area contributed by atoms with Crippen LogP contribution in [-0.4, -0.2) is 44.3 Å². The third kappa shape index (κ3) is 4.32. The van der Waals surface area contributed by atoms with Crippen molar-refractivity contribution in [1.29, 1.82) is 0 Å². The summed E-state index contributed by atoms with van der Waals surface area (Å²) < 4.78 is 10.7. The average Bonchev–Trinajstić information content (AvgIpc) is 2.79. The smallest absolute Gasteiger partial charge is 0.232 e. The molecule has 1 N–H and O–H groups in total. The molecule has 0 unspecified atom stereocenters. The molecule has 6 heteroatoms. The molecule has 1 aliphatic heterocycles. The van der Waals surface area contributed by atoms with Crippen molar-refractivity contribution in [2.24, 2.45) is 0 Å². The molecule has 1 amide bonds. The number of aromatic nitrogens is 1. The van der Waals surface area contributed by atoms with Gasteiger partial charge in [0, 0.05) is 13.1 Å². The van der Waals surface area contributed by atoms with Crippen LogP contribution in [0.4, 0.5) is 11.5 Å². The molecular formula is C23H25N3O3. The van der Waals surface area contributed by atoms with Crippen LogP contribution < -0.4 is 15.0 Å². The molecule has 0 saturated carbocycles. The van der Waals surface area contributed by atoms with Gasteiger partial charge in [-0.15, -0.1) is 0 Å². The van der Waals surface area contributed by atoms with Crippen molar-refractivity contribution < 1.29 is 14.3 Å². The first-order valence-electron chi connectivity index (χ1n) is 9.81. The van der Waals surface area contributed by atoms with E-state index in [1.807, 2.05) is 55.5 Å². The van der Waals surface area contributed by atoms with Crippen molar-refractivity contribution in [1.82, 2.24) is 4.98 Å². The molecule has 2 aromatic carbocycles. The highest BCUT2D eigenvalue weighted by Gasteiger charge is 2.17. The van der Waals surface area contributed by atoms with E-state index in [1.165, 1.54) is 0 Å². The number of ether oxygens (including phenoxy) is 2. The Kier molecular flexibility index (Phi) is 5.62. The Morgan fingerprint density at radius 3 is 2.59 bits per heavy atom. The van der Waals surface area contributed by atoms with Crippen molar-refractivity contribution >= 4 is 28.2 Å². The molecule has 0 aliphatic carbocycles. The van der Waals surface area contributed by atoms with Crippen LogP contribution in [-0.2, 0) is 9.53 Å². The lowest BCUT2D eigenvalue weighted by Crippen LogP contribution is -2.36. The summed E-state index contributed by atoms with van der Waals surface area (Å²) in [6.07, 6.45) is 1.80. The number of anilines is 2. The third-order valence-corrected chi connectivity index (χ3v) is 5.34. The van der Waals surface area contributed by atoms with Crippen LogP contribution in [0.25, 0.3) is 10.8 Å². The summed E-state index contributed by atoms with van der Waals surface area (Å²) in [5.41, 5.74) is 2.01. The van der Waals surface area contributed by atoms with E-state index >= 15 is 0 Å². The lowest BCUT2D eigenvalue weighted by atomic mass is 9.97. The van der Waals surface area contributed by atoms with Gasteiger partial charge in [0.05, 0.1) is 38.1 Å². The topological polar surface area (TPSA) is 63.7 Å². The van der Waals surface area contributed by atoms with Crippen molar-refractivity contribution in [3.8, 4) is 5.75 Å². The highest BCUT2D eigenvalue weighted by Crippen LogP contribution is 2.26. The maximum Gasteiger partial charge on any atom is 0.232 e. The Morgan fingerprint density at radius 2 is 1.86 bits per heavy atom. The van der Waals surface area contributed by atoms with Gasteiger partial charge in [0.2, 0.25) is 5.91 Å². The first-order valence-corrected chi connectivity index (χ1v) is 9.81. The minimum Gasteiger partial charge on any atom is -0.497 e. The largest absolute Gasteiger partial charge is 0.497 e. The fourth-order valence-electron chi connectivity index (χ4n) is 3.49. The van der Waals surface area contributed by atoms with E-state index in [-0.39, 0.29) is 11.8 Å². The number of pyridine rings is 1. The predicted octanol–water partition coefficient (Wildman–Crippen LogP) is 3.82. The molecule has 1 aromatic heterocycles. The van der Waals surface area contributed by atoms with Crippen LogP contribution >= 0.6 is 0 Å². The molecular weight excluding hydrogens is 366 g/mol. The van der Waals surface area contributed by atoms with Crippen molar-refractivity contribution in [3.63, 3.8) is 0 Å². The van der Waals surface area contributed by atoms with Gasteiger partial charge in [0.15, 0.2) is 0 Å². The zero-order valence-electron chi connectivity index (χ0n) is 16.7. The highest BCUT2D eigenvalue weighted by atomic mass is 16.5. The maximum atomic E-state index is 12.7. The average molecular weight is 391 g/mol. The fourth-order valence-corrected chi connectivity index (χ4v) is 3.49. The molecule has 0 radical (unpaired) electrons. The molecule has 1 atom stereocenters. The lowest BCUT2D eigenvalue weighted by molar-refractivity contribution is -0.117. The molecule has 1 fully saturated rings. The van der Waals surface area contributed by atoms with Crippen LogP contribution in [0.2, 0.25) is 0 Å². The Balaban J connectivity index is 1.44. The van der Waals surface area contributed by atoms with Gasteiger partial charge in [0.1, 0.15) is 11.6 Å².